The van der Waals surface area contributed by atoms with Crippen LogP contribution >= 0.6 is 0 Å². The molecule has 0 aliphatic carbocycles. The lowest BCUT2D eigenvalue weighted by molar-refractivity contribution is -0.126. The summed E-state index contributed by atoms with van der Waals surface area (Å²) in [7, 11) is 0. The Hall–Kier alpha value is -2.92. The molecule has 5 nitrogen and oxygen atoms in total. The van der Waals surface area contributed by atoms with Crippen LogP contribution in [0.15, 0.2) is 67.0 Å². The molecule has 2 heterocycles. The van der Waals surface area contributed by atoms with E-state index in [9.17, 15) is 4.79 Å². The number of aromatic nitrogens is 2. The van der Waals surface area contributed by atoms with Crippen molar-refractivity contribution in [2.45, 2.75) is 39.4 Å². The van der Waals surface area contributed by atoms with E-state index in [1.165, 1.54) is 11.1 Å². The molecule has 1 aromatic heterocycles. The van der Waals surface area contributed by atoms with Gasteiger partial charge in [-0.1, -0.05) is 54.6 Å². The molecule has 30 heavy (non-hydrogen) atoms. The van der Waals surface area contributed by atoms with Crippen LogP contribution in [0.1, 0.15) is 35.4 Å². The monoisotopic (exact) mass is 402 g/mol. The SMILES string of the molecule is Cc1nccn1Cc1ccc(CNC(=O)C2CCN(Cc3ccccc3)CC2)cc1. The van der Waals surface area contributed by atoms with Gasteiger partial charge < -0.3 is 9.88 Å². The van der Waals surface area contributed by atoms with Crippen LogP contribution in [-0.4, -0.2) is 33.4 Å². The molecule has 1 N–H and O–H groups in total. The maximum Gasteiger partial charge on any atom is 0.223 e. The smallest absolute Gasteiger partial charge is 0.223 e. The van der Waals surface area contributed by atoms with Crippen LogP contribution < -0.4 is 5.32 Å². The van der Waals surface area contributed by atoms with Crippen molar-refractivity contribution < 1.29 is 4.79 Å². The lowest BCUT2D eigenvalue weighted by Gasteiger charge is -2.31. The van der Waals surface area contributed by atoms with Crippen LogP contribution in [-0.2, 0) is 24.4 Å². The van der Waals surface area contributed by atoms with Crippen LogP contribution in [0.4, 0.5) is 0 Å². The van der Waals surface area contributed by atoms with E-state index in [2.05, 4.69) is 68.3 Å². The molecular weight excluding hydrogens is 372 g/mol. The number of aryl methyl sites for hydroxylation is 1. The van der Waals surface area contributed by atoms with Crippen molar-refractivity contribution in [1.29, 1.82) is 0 Å². The first-order valence-electron chi connectivity index (χ1n) is 10.8. The van der Waals surface area contributed by atoms with Gasteiger partial charge in [-0.15, -0.1) is 0 Å². The van der Waals surface area contributed by atoms with Gasteiger partial charge in [-0.3, -0.25) is 9.69 Å². The third-order valence-corrected chi connectivity index (χ3v) is 5.97. The van der Waals surface area contributed by atoms with Crippen LogP contribution in [0.3, 0.4) is 0 Å². The Kier molecular flexibility index (Phi) is 6.60. The molecule has 4 rings (SSSR count). The highest BCUT2D eigenvalue weighted by Crippen LogP contribution is 2.19. The van der Waals surface area contributed by atoms with E-state index in [1.807, 2.05) is 25.4 Å². The van der Waals surface area contributed by atoms with Gasteiger partial charge in [0.15, 0.2) is 0 Å². The molecule has 0 radical (unpaired) electrons. The summed E-state index contributed by atoms with van der Waals surface area (Å²) < 4.78 is 2.13. The Morgan fingerprint density at radius 2 is 1.63 bits per heavy atom. The number of imidazole rings is 1. The second kappa shape index (κ2) is 9.72. The summed E-state index contributed by atoms with van der Waals surface area (Å²) in [4.78, 5) is 19.3. The molecule has 2 aromatic carbocycles. The molecule has 1 fully saturated rings. The minimum Gasteiger partial charge on any atom is -0.352 e. The van der Waals surface area contributed by atoms with Gasteiger partial charge in [0.1, 0.15) is 5.82 Å². The average molecular weight is 403 g/mol. The second-order valence-corrected chi connectivity index (χ2v) is 8.17. The number of nitrogens with one attached hydrogen (secondary N) is 1. The van der Waals surface area contributed by atoms with Crippen molar-refractivity contribution >= 4 is 5.91 Å². The van der Waals surface area contributed by atoms with E-state index in [4.69, 9.17) is 0 Å². The lowest BCUT2D eigenvalue weighted by atomic mass is 9.95. The third-order valence-electron chi connectivity index (χ3n) is 5.97. The van der Waals surface area contributed by atoms with E-state index in [1.54, 1.807) is 0 Å². The van der Waals surface area contributed by atoms with Gasteiger partial charge in [0.2, 0.25) is 5.91 Å². The number of piperidine rings is 1. The molecule has 0 spiro atoms. The fraction of sp³-hybridized carbons (Fsp3) is 0.360. The number of carbonyl (C=O) groups excluding carboxylic acids is 1. The van der Waals surface area contributed by atoms with E-state index in [0.29, 0.717) is 6.54 Å². The molecule has 156 valence electrons. The Morgan fingerprint density at radius 1 is 0.967 bits per heavy atom. The number of amides is 1. The van der Waals surface area contributed by atoms with Gasteiger partial charge in [0, 0.05) is 37.9 Å². The van der Waals surface area contributed by atoms with Crippen molar-refractivity contribution in [3.63, 3.8) is 0 Å². The Labute approximate surface area is 178 Å². The van der Waals surface area contributed by atoms with Crippen molar-refractivity contribution in [3.8, 4) is 0 Å². The predicted octanol–water partition coefficient (Wildman–Crippen LogP) is 3.77. The van der Waals surface area contributed by atoms with Crippen LogP contribution in [0.5, 0.6) is 0 Å². The summed E-state index contributed by atoms with van der Waals surface area (Å²) in [6.45, 7) is 6.36. The lowest BCUT2D eigenvalue weighted by Crippen LogP contribution is -2.40. The number of carbonyl (C=O) groups is 1. The first kappa shape index (κ1) is 20.4. The summed E-state index contributed by atoms with van der Waals surface area (Å²) in [5, 5.41) is 3.13. The normalized spacial score (nSPS) is 15.2. The van der Waals surface area contributed by atoms with Crippen molar-refractivity contribution in [3.05, 3.63) is 89.5 Å². The number of likely N-dealkylation sites (tertiary alicyclic amines) is 1. The maximum absolute atomic E-state index is 12.6. The summed E-state index contributed by atoms with van der Waals surface area (Å²) in [6.07, 6.45) is 5.68. The number of hydrogen-bond acceptors (Lipinski definition) is 3. The summed E-state index contributed by atoms with van der Waals surface area (Å²) in [5.41, 5.74) is 3.71. The highest BCUT2D eigenvalue weighted by molar-refractivity contribution is 5.78. The first-order valence-corrected chi connectivity index (χ1v) is 10.8. The fourth-order valence-corrected chi connectivity index (χ4v) is 4.06. The van der Waals surface area contributed by atoms with Gasteiger partial charge in [-0.25, -0.2) is 4.98 Å². The molecule has 1 aliphatic rings. The Balaban J connectivity index is 1.21. The first-order chi connectivity index (χ1) is 14.7. The zero-order valence-electron chi connectivity index (χ0n) is 17.6. The maximum atomic E-state index is 12.6. The topological polar surface area (TPSA) is 50.2 Å². The molecule has 0 saturated carbocycles. The largest absolute Gasteiger partial charge is 0.352 e. The number of nitrogens with zero attached hydrogens (tertiary/aromatic N) is 3. The predicted molar refractivity (Wildman–Crippen MR) is 119 cm³/mol. The Bertz CT molecular complexity index is 941. The van der Waals surface area contributed by atoms with Gasteiger partial charge >= 0.3 is 0 Å². The van der Waals surface area contributed by atoms with Gasteiger partial charge in [0.25, 0.3) is 0 Å². The summed E-state index contributed by atoms with van der Waals surface area (Å²) in [5.74, 6) is 1.33. The molecular formula is C25H30N4O. The number of rotatable bonds is 7. The Morgan fingerprint density at radius 3 is 2.30 bits per heavy atom. The second-order valence-electron chi connectivity index (χ2n) is 8.17. The van der Waals surface area contributed by atoms with Gasteiger partial charge in [-0.2, -0.15) is 0 Å². The molecule has 5 heteroatoms. The minimum atomic E-state index is 0.125. The molecule has 0 unspecified atom stereocenters. The van der Waals surface area contributed by atoms with E-state index < -0.39 is 0 Å². The molecule has 0 atom stereocenters. The highest BCUT2D eigenvalue weighted by Gasteiger charge is 2.24. The zero-order chi connectivity index (χ0) is 20.8. The molecule has 3 aromatic rings. The van der Waals surface area contributed by atoms with Crippen LogP contribution in [0, 0.1) is 12.8 Å². The molecule has 0 bridgehead atoms. The fourth-order valence-electron chi connectivity index (χ4n) is 4.06. The van der Waals surface area contributed by atoms with Crippen LogP contribution in [0.2, 0.25) is 0 Å². The molecule has 1 amide bonds. The van der Waals surface area contributed by atoms with Crippen molar-refractivity contribution in [2.75, 3.05) is 13.1 Å². The third kappa shape index (κ3) is 5.36. The van der Waals surface area contributed by atoms with Gasteiger partial charge in [0.05, 0.1) is 0 Å². The van der Waals surface area contributed by atoms with Crippen LogP contribution in [0.25, 0.3) is 0 Å². The average Bonchev–Trinajstić information content (AvgIpc) is 3.18. The zero-order valence-corrected chi connectivity index (χ0v) is 17.6. The minimum absolute atomic E-state index is 0.125. The van der Waals surface area contributed by atoms with E-state index >= 15 is 0 Å². The van der Waals surface area contributed by atoms with Crippen molar-refractivity contribution in [1.82, 2.24) is 19.8 Å². The standard InChI is InChI=1S/C25H30N4O/c1-20-26-13-16-29(20)19-23-9-7-21(8-10-23)17-27-25(30)24-11-14-28(15-12-24)18-22-5-3-2-4-6-22/h2-10,13,16,24H,11-12,14-15,17-19H2,1H3,(H,27,30). The summed E-state index contributed by atoms with van der Waals surface area (Å²) >= 11 is 0. The van der Waals surface area contributed by atoms with E-state index in [0.717, 1.165) is 50.4 Å². The van der Waals surface area contributed by atoms with Gasteiger partial charge in [-0.05, 0) is 49.5 Å². The van der Waals surface area contributed by atoms with Crippen molar-refractivity contribution in [2.24, 2.45) is 5.92 Å². The van der Waals surface area contributed by atoms with E-state index in [-0.39, 0.29) is 11.8 Å². The summed E-state index contributed by atoms with van der Waals surface area (Å²) in [6, 6.07) is 19.0. The number of benzene rings is 2. The number of hydrogen-bond donors (Lipinski definition) is 1. The quantitative estimate of drug-likeness (QED) is 0.655. The molecule has 1 saturated heterocycles. The molecule has 1 aliphatic heterocycles. The highest BCUT2D eigenvalue weighted by atomic mass is 16.1.